The number of aliphatic hydroxyl groups is 1. The highest BCUT2D eigenvalue weighted by atomic mass is 35.5. The molecule has 3 heteroatoms. The second-order valence-electron chi connectivity index (χ2n) is 3.64. The summed E-state index contributed by atoms with van der Waals surface area (Å²) in [5, 5.41) is 10.3. The number of allylic oxidation sites excluding steroid dienone is 1. The minimum atomic E-state index is -0.421. The minimum absolute atomic E-state index is 0.318. The standard InChI is InChI=1S/C13H17ClO2/c1-2-3-4-5-12(15)10-16-13-8-6-11(14)7-9-13/h2,6-9,12,15H,1,3-5,10H2. The SMILES string of the molecule is C=CCCCC(O)COc1ccc(Cl)cc1. The van der Waals surface area contributed by atoms with E-state index in [1.54, 1.807) is 24.3 Å². The fourth-order valence-electron chi connectivity index (χ4n) is 1.30. The smallest absolute Gasteiger partial charge is 0.119 e. The fourth-order valence-corrected chi connectivity index (χ4v) is 1.43. The molecule has 16 heavy (non-hydrogen) atoms. The second-order valence-corrected chi connectivity index (χ2v) is 4.07. The maximum absolute atomic E-state index is 9.61. The van der Waals surface area contributed by atoms with Crippen LogP contribution in [-0.4, -0.2) is 17.8 Å². The van der Waals surface area contributed by atoms with E-state index in [1.807, 2.05) is 6.08 Å². The summed E-state index contributed by atoms with van der Waals surface area (Å²) in [4.78, 5) is 0. The maximum atomic E-state index is 9.61. The molecule has 0 aliphatic rings. The van der Waals surface area contributed by atoms with Gasteiger partial charge < -0.3 is 9.84 Å². The number of unbranched alkanes of at least 4 members (excludes halogenated alkanes) is 1. The monoisotopic (exact) mass is 240 g/mol. The predicted octanol–water partition coefficient (Wildman–Crippen LogP) is 3.44. The first-order valence-electron chi connectivity index (χ1n) is 5.39. The van der Waals surface area contributed by atoms with Gasteiger partial charge >= 0.3 is 0 Å². The van der Waals surface area contributed by atoms with E-state index in [4.69, 9.17) is 16.3 Å². The Kier molecular flexibility index (Phi) is 5.98. The Morgan fingerprint density at radius 2 is 2.06 bits per heavy atom. The van der Waals surface area contributed by atoms with E-state index in [0.29, 0.717) is 11.6 Å². The lowest BCUT2D eigenvalue weighted by Crippen LogP contribution is -2.17. The average Bonchev–Trinajstić information content (AvgIpc) is 2.29. The van der Waals surface area contributed by atoms with Crippen molar-refractivity contribution in [3.05, 3.63) is 41.9 Å². The van der Waals surface area contributed by atoms with Crippen LogP contribution >= 0.6 is 11.6 Å². The molecule has 1 N–H and O–H groups in total. The average molecular weight is 241 g/mol. The van der Waals surface area contributed by atoms with Crippen LogP contribution in [0.25, 0.3) is 0 Å². The van der Waals surface area contributed by atoms with Crippen LogP contribution < -0.4 is 4.74 Å². The molecule has 0 heterocycles. The quantitative estimate of drug-likeness (QED) is 0.585. The van der Waals surface area contributed by atoms with Crippen LogP contribution in [0.1, 0.15) is 19.3 Å². The largest absolute Gasteiger partial charge is 0.491 e. The van der Waals surface area contributed by atoms with Gasteiger partial charge in [0.1, 0.15) is 12.4 Å². The molecular formula is C13H17ClO2. The van der Waals surface area contributed by atoms with Gasteiger partial charge in [0.25, 0.3) is 0 Å². The zero-order valence-corrected chi connectivity index (χ0v) is 9.99. The fraction of sp³-hybridized carbons (Fsp3) is 0.385. The molecule has 0 radical (unpaired) electrons. The molecule has 2 nitrogen and oxygen atoms in total. The third-order valence-corrected chi connectivity index (χ3v) is 2.45. The molecule has 1 rings (SSSR count). The molecule has 0 aromatic heterocycles. The molecule has 0 saturated heterocycles. The van der Waals surface area contributed by atoms with Crippen molar-refractivity contribution in [1.29, 1.82) is 0 Å². The molecule has 1 aromatic carbocycles. The molecular weight excluding hydrogens is 224 g/mol. The van der Waals surface area contributed by atoms with E-state index in [-0.39, 0.29) is 0 Å². The third kappa shape index (κ3) is 5.19. The van der Waals surface area contributed by atoms with Crippen molar-refractivity contribution in [2.75, 3.05) is 6.61 Å². The van der Waals surface area contributed by atoms with Crippen molar-refractivity contribution in [2.45, 2.75) is 25.4 Å². The Hall–Kier alpha value is -0.990. The van der Waals surface area contributed by atoms with Gasteiger partial charge in [0, 0.05) is 5.02 Å². The Morgan fingerprint density at radius 3 is 2.69 bits per heavy atom. The first-order chi connectivity index (χ1) is 7.72. The van der Waals surface area contributed by atoms with E-state index < -0.39 is 6.10 Å². The maximum Gasteiger partial charge on any atom is 0.119 e. The van der Waals surface area contributed by atoms with Gasteiger partial charge in [-0.05, 0) is 43.5 Å². The first kappa shape index (κ1) is 13.1. The van der Waals surface area contributed by atoms with Gasteiger partial charge in [0.2, 0.25) is 0 Å². The Balaban J connectivity index is 2.23. The van der Waals surface area contributed by atoms with E-state index in [0.717, 1.165) is 25.0 Å². The van der Waals surface area contributed by atoms with E-state index in [2.05, 4.69) is 6.58 Å². The minimum Gasteiger partial charge on any atom is -0.491 e. The Bertz CT molecular complexity index is 308. The summed E-state index contributed by atoms with van der Waals surface area (Å²) in [6, 6.07) is 7.11. The van der Waals surface area contributed by atoms with Gasteiger partial charge in [-0.25, -0.2) is 0 Å². The zero-order valence-electron chi connectivity index (χ0n) is 9.23. The summed E-state index contributed by atoms with van der Waals surface area (Å²) in [6.45, 7) is 3.95. The van der Waals surface area contributed by atoms with Gasteiger partial charge in [-0.15, -0.1) is 6.58 Å². The van der Waals surface area contributed by atoms with Crippen LogP contribution in [0.3, 0.4) is 0 Å². The van der Waals surface area contributed by atoms with E-state index >= 15 is 0 Å². The van der Waals surface area contributed by atoms with Gasteiger partial charge in [0.05, 0.1) is 6.10 Å². The molecule has 0 saturated carbocycles. The lowest BCUT2D eigenvalue weighted by molar-refractivity contribution is 0.0984. The molecule has 0 amide bonds. The van der Waals surface area contributed by atoms with Crippen molar-refractivity contribution in [2.24, 2.45) is 0 Å². The topological polar surface area (TPSA) is 29.5 Å². The molecule has 0 aliphatic heterocycles. The second kappa shape index (κ2) is 7.31. The molecule has 0 aliphatic carbocycles. The Labute approximate surface area is 102 Å². The van der Waals surface area contributed by atoms with Gasteiger partial charge in [-0.3, -0.25) is 0 Å². The van der Waals surface area contributed by atoms with Crippen LogP contribution in [0.15, 0.2) is 36.9 Å². The third-order valence-electron chi connectivity index (χ3n) is 2.20. The van der Waals surface area contributed by atoms with Crippen LogP contribution in [0, 0.1) is 0 Å². The van der Waals surface area contributed by atoms with Crippen molar-refractivity contribution >= 4 is 11.6 Å². The highest BCUT2D eigenvalue weighted by Gasteiger charge is 2.04. The number of ether oxygens (including phenoxy) is 1. The molecule has 88 valence electrons. The van der Waals surface area contributed by atoms with Crippen molar-refractivity contribution in [1.82, 2.24) is 0 Å². The Morgan fingerprint density at radius 1 is 1.38 bits per heavy atom. The summed E-state index contributed by atoms with van der Waals surface area (Å²) in [5.41, 5.74) is 0. The highest BCUT2D eigenvalue weighted by Crippen LogP contribution is 2.16. The van der Waals surface area contributed by atoms with Crippen LogP contribution in [0.4, 0.5) is 0 Å². The van der Waals surface area contributed by atoms with Gasteiger partial charge in [0.15, 0.2) is 0 Å². The number of hydrogen-bond donors (Lipinski definition) is 1. The summed E-state index contributed by atoms with van der Waals surface area (Å²) in [5.74, 6) is 0.729. The first-order valence-corrected chi connectivity index (χ1v) is 5.77. The molecule has 0 bridgehead atoms. The summed E-state index contributed by atoms with van der Waals surface area (Å²) in [6.07, 6.45) is 4.04. The van der Waals surface area contributed by atoms with Gasteiger partial charge in [-0.2, -0.15) is 0 Å². The lowest BCUT2D eigenvalue weighted by Gasteiger charge is -2.11. The van der Waals surface area contributed by atoms with Crippen LogP contribution in [-0.2, 0) is 0 Å². The normalized spacial score (nSPS) is 12.1. The summed E-state index contributed by atoms with van der Waals surface area (Å²) in [7, 11) is 0. The highest BCUT2D eigenvalue weighted by molar-refractivity contribution is 6.30. The molecule has 0 spiro atoms. The lowest BCUT2D eigenvalue weighted by atomic mass is 10.1. The molecule has 0 fully saturated rings. The zero-order chi connectivity index (χ0) is 11.8. The van der Waals surface area contributed by atoms with Gasteiger partial charge in [-0.1, -0.05) is 17.7 Å². The predicted molar refractivity (Wildman–Crippen MR) is 67.0 cm³/mol. The van der Waals surface area contributed by atoms with Crippen molar-refractivity contribution in [3.8, 4) is 5.75 Å². The molecule has 1 unspecified atom stereocenters. The van der Waals surface area contributed by atoms with E-state index in [9.17, 15) is 5.11 Å². The van der Waals surface area contributed by atoms with Crippen molar-refractivity contribution in [3.63, 3.8) is 0 Å². The number of halogens is 1. The molecule has 1 aromatic rings. The number of hydrogen-bond acceptors (Lipinski definition) is 2. The number of benzene rings is 1. The summed E-state index contributed by atoms with van der Waals surface area (Å²) < 4.78 is 5.42. The van der Waals surface area contributed by atoms with Crippen LogP contribution in [0.5, 0.6) is 5.75 Å². The van der Waals surface area contributed by atoms with Crippen LogP contribution in [0.2, 0.25) is 5.02 Å². The summed E-state index contributed by atoms with van der Waals surface area (Å²) >= 11 is 5.74. The van der Waals surface area contributed by atoms with E-state index in [1.165, 1.54) is 0 Å². The molecule has 1 atom stereocenters. The number of rotatable bonds is 7. The number of aliphatic hydroxyl groups excluding tert-OH is 1. The van der Waals surface area contributed by atoms with Crippen molar-refractivity contribution < 1.29 is 9.84 Å².